The fraction of sp³-hybridized carbons (Fsp3) is 0. The van der Waals surface area contributed by atoms with E-state index in [2.05, 4.69) is 115 Å². The van der Waals surface area contributed by atoms with Crippen molar-refractivity contribution >= 4 is 53.4 Å². The van der Waals surface area contributed by atoms with E-state index in [1.807, 2.05) is 42.6 Å². The molecule has 0 unspecified atom stereocenters. The van der Waals surface area contributed by atoms with Crippen molar-refractivity contribution in [1.82, 2.24) is 19.9 Å². The molecule has 10 aromatic rings. The second-order valence-electron chi connectivity index (χ2n) is 12.2. The molecule has 50 heavy (non-hydrogen) atoms. The van der Waals surface area contributed by atoms with Crippen molar-refractivity contribution < 1.29 is 4.42 Å². The number of nitrogens with zero attached hydrogens (tertiary/aromatic N) is 4. The predicted molar refractivity (Wildman–Crippen MR) is 205 cm³/mol. The van der Waals surface area contributed by atoms with E-state index in [1.54, 1.807) is 11.3 Å². The van der Waals surface area contributed by atoms with Crippen LogP contribution in [0.25, 0.3) is 98.7 Å². The van der Waals surface area contributed by atoms with Crippen LogP contribution in [0.15, 0.2) is 162 Å². The van der Waals surface area contributed by atoms with Crippen molar-refractivity contribution in [3.8, 4) is 56.5 Å². The Bertz CT molecular complexity index is 2870. The number of para-hydroxylation sites is 1. The highest BCUT2D eigenvalue weighted by Gasteiger charge is 2.20. The molecule has 0 bridgehead atoms. The smallest absolute Gasteiger partial charge is 0.166 e. The summed E-state index contributed by atoms with van der Waals surface area (Å²) in [5.74, 6) is 1.71. The lowest BCUT2D eigenvalue weighted by atomic mass is 10.0. The lowest BCUT2D eigenvalue weighted by molar-refractivity contribution is 0.669. The Morgan fingerprint density at radius 3 is 1.94 bits per heavy atom. The molecule has 0 saturated carbocycles. The SMILES string of the molecule is c1ccc(-c2ccc(-c3nc(-c4ccc5c(c4)oc4ccccc45)nc(-c4cccnc4-c4cccc5c4sc4ccccc45)n3)cc2)cc1. The summed E-state index contributed by atoms with van der Waals surface area (Å²) in [7, 11) is 0. The number of benzene rings is 6. The van der Waals surface area contributed by atoms with Crippen LogP contribution in [0.5, 0.6) is 0 Å². The van der Waals surface area contributed by atoms with E-state index in [1.165, 1.54) is 20.2 Å². The van der Waals surface area contributed by atoms with E-state index < -0.39 is 0 Å². The summed E-state index contributed by atoms with van der Waals surface area (Å²) in [5.41, 5.74) is 8.40. The van der Waals surface area contributed by atoms with Gasteiger partial charge in [0, 0.05) is 59.4 Å². The normalized spacial score (nSPS) is 11.6. The Kier molecular flexibility index (Phi) is 6.60. The van der Waals surface area contributed by atoms with Gasteiger partial charge in [0.1, 0.15) is 11.2 Å². The minimum absolute atomic E-state index is 0.558. The molecule has 0 aliphatic carbocycles. The Morgan fingerprint density at radius 2 is 1.06 bits per heavy atom. The Hall–Kier alpha value is -6.50. The van der Waals surface area contributed by atoms with Crippen molar-refractivity contribution in [3.05, 3.63) is 158 Å². The molecule has 234 valence electrons. The van der Waals surface area contributed by atoms with Gasteiger partial charge in [-0.15, -0.1) is 11.3 Å². The summed E-state index contributed by atoms with van der Waals surface area (Å²) in [5, 5.41) is 4.60. The highest BCUT2D eigenvalue weighted by molar-refractivity contribution is 7.26. The summed E-state index contributed by atoms with van der Waals surface area (Å²) >= 11 is 1.79. The highest BCUT2D eigenvalue weighted by atomic mass is 32.1. The van der Waals surface area contributed by atoms with Crippen LogP contribution in [-0.2, 0) is 0 Å². The molecule has 6 heteroatoms. The number of hydrogen-bond donors (Lipinski definition) is 0. The quantitative estimate of drug-likeness (QED) is 0.184. The van der Waals surface area contributed by atoms with Gasteiger partial charge in [-0.1, -0.05) is 115 Å². The number of furan rings is 1. The average molecular weight is 659 g/mol. The molecule has 10 rings (SSSR count). The maximum Gasteiger partial charge on any atom is 0.166 e. The first-order valence-electron chi connectivity index (χ1n) is 16.5. The standard InChI is InChI=1S/C44H26N4OS/c1-2-10-27(11-3-1)28-19-21-29(22-20-28)42-46-43(30-23-24-32-31-12-4-6-17-37(31)49-38(32)26-30)48-44(47-42)36-16-9-25-45-40(36)35-15-8-14-34-33-13-5-7-18-39(33)50-41(34)35/h1-26H. The first-order chi connectivity index (χ1) is 24.8. The third kappa shape index (κ3) is 4.77. The zero-order chi connectivity index (χ0) is 33.0. The molecule has 4 aromatic heterocycles. The van der Waals surface area contributed by atoms with Gasteiger partial charge in [0.15, 0.2) is 17.5 Å². The number of hydrogen-bond acceptors (Lipinski definition) is 6. The Balaban J connectivity index is 1.17. The van der Waals surface area contributed by atoms with Crippen LogP contribution >= 0.6 is 11.3 Å². The summed E-state index contributed by atoms with van der Waals surface area (Å²) in [6, 6.07) is 52.0. The van der Waals surface area contributed by atoms with Crippen molar-refractivity contribution in [3.63, 3.8) is 0 Å². The largest absolute Gasteiger partial charge is 0.456 e. The lowest BCUT2D eigenvalue weighted by Gasteiger charge is -2.12. The van der Waals surface area contributed by atoms with Crippen LogP contribution in [0.2, 0.25) is 0 Å². The molecule has 0 radical (unpaired) electrons. The predicted octanol–water partition coefficient (Wildman–Crippen LogP) is 11.9. The number of fused-ring (bicyclic) bond motifs is 6. The first-order valence-corrected chi connectivity index (χ1v) is 17.3. The number of aromatic nitrogens is 4. The van der Waals surface area contributed by atoms with Crippen LogP contribution in [0.1, 0.15) is 0 Å². The van der Waals surface area contributed by atoms with Gasteiger partial charge in [-0.2, -0.15) is 0 Å². The summed E-state index contributed by atoms with van der Waals surface area (Å²) in [6.45, 7) is 0. The van der Waals surface area contributed by atoms with Crippen LogP contribution in [0.4, 0.5) is 0 Å². The molecular formula is C44H26N4OS. The monoisotopic (exact) mass is 658 g/mol. The van der Waals surface area contributed by atoms with Crippen LogP contribution in [0.3, 0.4) is 0 Å². The number of rotatable bonds is 5. The van der Waals surface area contributed by atoms with E-state index in [9.17, 15) is 0 Å². The summed E-state index contributed by atoms with van der Waals surface area (Å²) in [6.07, 6.45) is 1.84. The number of thiophene rings is 1. The second-order valence-corrected chi connectivity index (χ2v) is 13.3. The van der Waals surface area contributed by atoms with Gasteiger partial charge in [-0.25, -0.2) is 15.0 Å². The van der Waals surface area contributed by atoms with Gasteiger partial charge in [0.2, 0.25) is 0 Å². The third-order valence-electron chi connectivity index (χ3n) is 9.23. The van der Waals surface area contributed by atoms with Gasteiger partial charge in [0.05, 0.1) is 5.69 Å². The fourth-order valence-electron chi connectivity index (χ4n) is 6.80. The van der Waals surface area contributed by atoms with Crippen molar-refractivity contribution in [1.29, 1.82) is 0 Å². The molecule has 6 aromatic carbocycles. The van der Waals surface area contributed by atoms with Crippen molar-refractivity contribution in [2.45, 2.75) is 0 Å². The van der Waals surface area contributed by atoms with Gasteiger partial charge >= 0.3 is 0 Å². The molecule has 0 amide bonds. The van der Waals surface area contributed by atoms with E-state index in [0.717, 1.165) is 61.0 Å². The molecule has 0 atom stereocenters. The van der Waals surface area contributed by atoms with Gasteiger partial charge in [0.25, 0.3) is 0 Å². The summed E-state index contributed by atoms with van der Waals surface area (Å²) < 4.78 is 8.70. The van der Waals surface area contributed by atoms with E-state index in [0.29, 0.717) is 17.5 Å². The molecule has 0 aliphatic rings. The van der Waals surface area contributed by atoms with Gasteiger partial charge < -0.3 is 4.42 Å². The van der Waals surface area contributed by atoms with Crippen molar-refractivity contribution in [2.24, 2.45) is 0 Å². The molecule has 5 nitrogen and oxygen atoms in total. The zero-order valence-electron chi connectivity index (χ0n) is 26.6. The third-order valence-corrected chi connectivity index (χ3v) is 10.5. The van der Waals surface area contributed by atoms with Crippen LogP contribution < -0.4 is 0 Å². The maximum absolute atomic E-state index is 6.26. The minimum atomic E-state index is 0.558. The van der Waals surface area contributed by atoms with Crippen LogP contribution in [-0.4, -0.2) is 19.9 Å². The zero-order valence-corrected chi connectivity index (χ0v) is 27.4. The molecule has 0 spiro atoms. The lowest BCUT2D eigenvalue weighted by Crippen LogP contribution is -2.01. The van der Waals surface area contributed by atoms with Gasteiger partial charge in [-0.3, -0.25) is 4.98 Å². The average Bonchev–Trinajstić information content (AvgIpc) is 3.76. The topological polar surface area (TPSA) is 64.7 Å². The van der Waals surface area contributed by atoms with Crippen molar-refractivity contribution in [2.75, 3.05) is 0 Å². The first kappa shape index (κ1) is 28.5. The summed E-state index contributed by atoms with van der Waals surface area (Å²) in [4.78, 5) is 20.3. The molecule has 0 saturated heterocycles. The highest BCUT2D eigenvalue weighted by Crippen LogP contribution is 2.42. The van der Waals surface area contributed by atoms with E-state index >= 15 is 0 Å². The molecular weight excluding hydrogens is 633 g/mol. The molecule has 0 aliphatic heterocycles. The van der Waals surface area contributed by atoms with Crippen LogP contribution in [0, 0.1) is 0 Å². The molecule has 0 N–H and O–H groups in total. The Morgan fingerprint density at radius 1 is 0.420 bits per heavy atom. The number of pyridine rings is 1. The maximum atomic E-state index is 6.26. The second kappa shape index (κ2) is 11.6. The molecule has 4 heterocycles. The Labute approximate surface area is 291 Å². The van der Waals surface area contributed by atoms with Gasteiger partial charge in [-0.05, 0) is 47.5 Å². The van der Waals surface area contributed by atoms with E-state index in [4.69, 9.17) is 24.4 Å². The van der Waals surface area contributed by atoms with E-state index in [-0.39, 0.29) is 0 Å². The minimum Gasteiger partial charge on any atom is -0.456 e. The molecule has 0 fully saturated rings. The fourth-order valence-corrected chi connectivity index (χ4v) is 8.01.